The van der Waals surface area contributed by atoms with Crippen LogP contribution in [0.4, 0.5) is 17.5 Å². The number of rotatable bonds is 5. The van der Waals surface area contributed by atoms with Crippen molar-refractivity contribution in [3.8, 4) is 0 Å². The molecule has 1 aromatic carbocycles. The molecule has 1 atom stereocenters. The van der Waals surface area contributed by atoms with Gasteiger partial charge in [0.05, 0.1) is 11.0 Å². The Balaban J connectivity index is 2.28. The number of aromatic nitrogens is 2. The topological polar surface area (TPSA) is 119 Å². The molecule has 1 heterocycles. The zero-order chi connectivity index (χ0) is 15.4. The van der Waals surface area contributed by atoms with E-state index in [1.54, 1.807) is 12.1 Å². The van der Waals surface area contributed by atoms with Crippen molar-refractivity contribution in [3.05, 3.63) is 51.2 Å². The molecule has 0 spiro atoms. The van der Waals surface area contributed by atoms with Gasteiger partial charge in [-0.15, -0.1) is 0 Å². The lowest BCUT2D eigenvalue weighted by atomic mass is 10.1. The summed E-state index contributed by atoms with van der Waals surface area (Å²) < 4.78 is 0. The van der Waals surface area contributed by atoms with Crippen LogP contribution in [0, 0.1) is 10.1 Å². The molecule has 0 fully saturated rings. The van der Waals surface area contributed by atoms with Crippen LogP contribution in [0.3, 0.4) is 0 Å². The van der Waals surface area contributed by atoms with Gasteiger partial charge in [0.15, 0.2) is 0 Å². The van der Waals surface area contributed by atoms with Gasteiger partial charge in [0.1, 0.15) is 6.20 Å². The number of halogens is 1. The van der Waals surface area contributed by atoms with Crippen LogP contribution < -0.4 is 16.6 Å². The van der Waals surface area contributed by atoms with Crippen LogP contribution in [0.1, 0.15) is 18.5 Å². The van der Waals surface area contributed by atoms with Crippen LogP contribution in [0.15, 0.2) is 30.5 Å². The van der Waals surface area contributed by atoms with Gasteiger partial charge in [0.25, 0.3) is 0 Å². The van der Waals surface area contributed by atoms with E-state index in [0.717, 1.165) is 11.8 Å². The fourth-order valence-electron chi connectivity index (χ4n) is 1.72. The molecule has 2 rings (SSSR count). The lowest BCUT2D eigenvalue weighted by Gasteiger charge is -2.15. The summed E-state index contributed by atoms with van der Waals surface area (Å²) in [6.07, 6.45) is 1.10. The number of nitrogens with two attached hydrogens (primary N) is 1. The van der Waals surface area contributed by atoms with Gasteiger partial charge in [-0.3, -0.25) is 15.5 Å². The molecule has 1 aromatic heterocycles. The molecule has 0 bridgehead atoms. The van der Waals surface area contributed by atoms with Crippen molar-refractivity contribution in [2.45, 2.75) is 13.0 Å². The summed E-state index contributed by atoms with van der Waals surface area (Å²) in [5, 5.41) is 14.6. The number of benzene rings is 1. The Bertz CT molecular complexity index is 649. The van der Waals surface area contributed by atoms with Gasteiger partial charge < -0.3 is 5.32 Å². The number of nitro groups is 1. The Kier molecular flexibility index (Phi) is 4.51. The fraction of sp³-hybridized carbons (Fsp3) is 0.167. The average Bonchev–Trinajstić information content (AvgIpc) is 2.47. The van der Waals surface area contributed by atoms with Crippen LogP contribution in [-0.4, -0.2) is 14.9 Å². The lowest BCUT2D eigenvalue weighted by Crippen LogP contribution is -2.14. The predicted molar refractivity (Wildman–Crippen MR) is 80.0 cm³/mol. The van der Waals surface area contributed by atoms with Gasteiger partial charge >= 0.3 is 5.69 Å². The third kappa shape index (κ3) is 3.56. The van der Waals surface area contributed by atoms with E-state index in [-0.39, 0.29) is 23.5 Å². The first kappa shape index (κ1) is 14.9. The van der Waals surface area contributed by atoms with Crippen LogP contribution in [0.2, 0.25) is 5.02 Å². The number of hydrogen-bond acceptors (Lipinski definition) is 7. The van der Waals surface area contributed by atoms with E-state index in [1.807, 2.05) is 19.1 Å². The number of nitrogens with zero attached hydrogens (tertiary/aromatic N) is 3. The van der Waals surface area contributed by atoms with Crippen molar-refractivity contribution < 1.29 is 4.92 Å². The van der Waals surface area contributed by atoms with Crippen molar-refractivity contribution in [3.63, 3.8) is 0 Å². The van der Waals surface area contributed by atoms with E-state index in [0.29, 0.717) is 5.02 Å². The number of anilines is 2. The molecule has 1 unspecified atom stereocenters. The molecule has 0 saturated heterocycles. The molecule has 0 aliphatic carbocycles. The normalized spacial score (nSPS) is 11.8. The van der Waals surface area contributed by atoms with Crippen molar-refractivity contribution in [1.82, 2.24) is 9.97 Å². The second-order valence-corrected chi connectivity index (χ2v) is 4.68. The maximum atomic E-state index is 11.0. The number of nitrogen functional groups attached to an aromatic ring is 1. The quantitative estimate of drug-likeness (QED) is 0.441. The SMILES string of the molecule is CC(Nc1nc(NN)ncc1[N+](=O)[O-])c1ccc(Cl)cc1. The van der Waals surface area contributed by atoms with Crippen LogP contribution >= 0.6 is 11.6 Å². The van der Waals surface area contributed by atoms with Gasteiger partial charge in [-0.2, -0.15) is 4.98 Å². The Morgan fingerprint density at radius 2 is 2.05 bits per heavy atom. The maximum absolute atomic E-state index is 11.0. The van der Waals surface area contributed by atoms with Crippen molar-refractivity contribution in [2.24, 2.45) is 5.84 Å². The van der Waals surface area contributed by atoms with E-state index >= 15 is 0 Å². The zero-order valence-corrected chi connectivity index (χ0v) is 11.8. The lowest BCUT2D eigenvalue weighted by molar-refractivity contribution is -0.384. The predicted octanol–water partition coefficient (Wildman–Crippen LogP) is 2.50. The molecule has 0 aliphatic rings. The van der Waals surface area contributed by atoms with Crippen molar-refractivity contribution >= 4 is 29.1 Å². The summed E-state index contributed by atoms with van der Waals surface area (Å²) in [7, 11) is 0. The Morgan fingerprint density at radius 1 is 1.38 bits per heavy atom. The number of nitrogens with one attached hydrogen (secondary N) is 2. The zero-order valence-electron chi connectivity index (χ0n) is 11.1. The summed E-state index contributed by atoms with van der Waals surface area (Å²) >= 11 is 5.83. The molecule has 0 saturated carbocycles. The van der Waals surface area contributed by atoms with Crippen molar-refractivity contribution in [1.29, 1.82) is 0 Å². The summed E-state index contributed by atoms with van der Waals surface area (Å²) in [5.41, 5.74) is 2.94. The smallest absolute Gasteiger partial charge is 0.329 e. The Morgan fingerprint density at radius 3 is 2.62 bits per heavy atom. The molecule has 0 radical (unpaired) electrons. The standard InChI is InChI=1S/C12H13ClN6O2/c1-7(8-2-4-9(13)5-3-8)16-11-10(19(20)21)6-15-12(17-11)18-14/h2-7H,14H2,1H3,(H2,15,16,17,18). The highest BCUT2D eigenvalue weighted by atomic mass is 35.5. The second-order valence-electron chi connectivity index (χ2n) is 4.25. The summed E-state index contributed by atoms with van der Waals surface area (Å²) in [6, 6.07) is 6.94. The third-order valence-electron chi connectivity index (χ3n) is 2.82. The molecular weight excluding hydrogens is 296 g/mol. The number of hydrogen-bond donors (Lipinski definition) is 3. The minimum absolute atomic E-state index is 0.0883. The first-order valence-electron chi connectivity index (χ1n) is 6.01. The largest absolute Gasteiger partial charge is 0.358 e. The molecule has 2 aromatic rings. The molecule has 110 valence electrons. The summed E-state index contributed by atoms with van der Waals surface area (Å²) in [6.45, 7) is 1.85. The highest BCUT2D eigenvalue weighted by Gasteiger charge is 2.19. The fourth-order valence-corrected chi connectivity index (χ4v) is 1.85. The van der Waals surface area contributed by atoms with E-state index in [9.17, 15) is 10.1 Å². The van der Waals surface area contributed by atoms with E-state index in [4.69, 9.17) is 17.4 Å². The van der Waals surface area contributed by atoms with Gasteiger partial charge in [-0.05, 0) is 24.6 Å². The van der Waals surface area contributed by atoms with Crippen LogP contribution in [-0.2, 0) is 0 Å². The van der Waals surface area contributed by atoms with Crippen molar-refractivity contribution in [2.75, 3.05) is 10.7 Å². The van der Waals surface area contributed by atoms with Gasteiger partial charge in [-0.1, -0.05) is 23.7 Å². The van der Waals surface area contributed by atoms with E-state index in [2.05, 4.69) is 20.7 Å². The second kappa shape index (κ2) is 6.33. The molecule has 21 heavy (non-hydrogen) atoms. The highest BCUT2D eigenvalue weighted by molar-refractivity contribution is 6.30. The van der Waals surface area contributed by atoms with Gasteiger partial charge in [0.2, 0.25) is 11.8 Å². The Hall–Kier alpha value is -2.45. The minimum atomic E-state index is -0.558. The van der Waals surface area contributed by atoms with Crippen LogP contribution in [0.5, 0.6) is 0 Å². The maximum Gasteiger partial charge on any atom is 0.329 e. The van der Waals surface area contributed by atoms with E-state index in [1.165, 1.54) is 0 Å². The monoisotopic (exact) mass is 308 g/mol. The molecule has 9 heteroatoms. The third-order valence-corrected chi connectivity index (χ3v) is 3.07. The molecule has 8 nitrogen and oxygen atoms in total. The molecule has 0 aliphatic heterocycles. The first-order chi connectivity index (χ1) is 10.0. The van der Waals surface area contributed by atoms with E-state index < -0.39 is 4.92 Å². The first-order valence-corrected chi connectivity index (χ1v) is 6.39. The molecular formula is C12H13ClN6O2. The Labute approximate surface area is 125 Å². The molecule has 4 N–H and O–H groups in total. The highest BCUT2D eigenvalue weighted by Crippen LogP contribution is 2.26. The van der Waals surface area contributed by atoms with Crippen LogP contribution in [0.25, 0.3) is 0 Å². The average molecular weight is 309 g/mol. The van der Waals surface area contributed by atoms with Gasteiger partial charge in [0, 0.05) is 5.02 Å². The molecule has 0 amide bonds. The summed E-state index contributed by atoms with van der Waals surface area (Å²) in [4.78, 5) is 18.1. The summed E-state index contributed by atoms with van der Waals surface area (Å²) in [5.74, 6) is 5.39. The van der Waals surface area contributed by atoms with Gasteiger partial charge in [-0.25, -0.2) is 10.8 Å². The number of hydrazine groups is 1. The minimum Gasteiger partial charge on any atom is -0.358 e.